The van der Waals surface area contributed by atoms with E-state index in [2.05, 4.69) is 39.0 Å². The van der Waals surface area contributed by atoms with Crippen LogP contribution in [-0.2, 0) is 13.6 Å². The van der Waals surface area contributed by atoms with Gasteiger partial charge in [-0.05, 0) is 6.92 Å². The Bertz CT molecular complexity index is 878. The van der Waals surface area contributed by atoms with E-state index in [1.54, 1.807) is 0 Å². The minimum Gasteiger partial charge on any atom is -0.300 e. The number of H-pyrrole nitrogens is 4. The second-order valence-electron chi connectivity index (χ2n) is 4.15. The molecule has 0 aliphatic heterocycles. The van der Waals surface area contributed by atoms with Crippen LogP contribution in [0.3, 0.4) is 0 Å². The highest BCUT2D eigenvalue weighted by Crippen LogP contribution is 1.88. The molecule has 9 heteroatoms. The quantitative estimate of drug-likeness (QED) is 0.408. The summed E-state index contributed by atoms with van der Waals surface area (Å²) >= 11 is 0. The zero-order valence-electron chi connectivity index (χ0n) is 11.1. The third kappa shape index (κ3) is 2.94. The standard InChI is InChI=1S/C6H11N2.C5H4N4O3/c1-3-8-5-4-7(2)6-8;10-3-1-2(7-4(11)6-1)8-5(12)9-3/h4-6H,3H2,1-2H3;(H4,6,7,8,9,10,11,12)/q+1;. The van der Waals surface area contributed by atoms with E-state index in [9.17, 15) is 14.4 Å². The number of imidazole rings is 2. The average Bonchev–Trinajstić information content (AvgIpc) is 2.95. The van der Waals surface area contributed by atoms with E-state index in [1.165, 1.54) is 0 Å². The Hall–Kier alpha value is -2.84. The van der Waals surface area contributed by atoms with Crippen LogP contribution in [0.15, 0.2) is 33.1 Å². The van der Waals surface area contributed by atoms with Crippen LogP contribution < -0.4 is 21.5 Å². The van der Waals surface area contributed by atoms with Crippen LogP contribution >= 0.6 is 0 Å². The minimum absolute atomic E-state index is 0.0413. The molecule has 0 radical (unpaired) electrons. The first-order valence-electron chi connectivity index (χ1n) is 5.95. The van der Waals surface area contributed by atoms with Crippen molar-refractivity contribution in [2.75, 3.05) is 0 Å². The fraction of sp³-hybridized carbons (Fsp3) is 0.273. The molecular formula is C11H15N6O3+. The maximum atomic E-state index is 10.9. The molecule has 0 unspecified atom stereocenters. The Labute approximate surface area is 111 Å². The highest BCUT2D eigenvalue weighted by molar-refractivity contribution is 5.67. The Morgan fingerprint density at radius 1 is 1.10 bits per heavy atom. The average molecular weight is 279 g/mol. The van der Waals surface area contributed by atoms with Crippen molar-refractivity contribution >= 4 is 11.2 Å². The summed E-state index contributed by atoms with van der Waals surface area (Å²) in [4.78, 5) is 41.0. The topological polar surface area (TPSA) is 123 Å². The molecule has 106 valence electrons. The minimum atomic E-state index is -0.650. The number of aromatic nitrogens is 6. The smallest absolute Gasteiger partial charge is 0.300 e. The van der Waals surface area contributed by atoms with Crippen LogP contribution in [0.4, 0.5) is 0 Å². The van der Waals surface area contributed by atoms with Gasteiger partial charge in [-0.3, -0.25) is 24.7 Å². The van der Waals surface area contributed by atoms with Crippen LogP contribution in [0.5, 0.6) is 0 Å². The number of hydrogen-bond acceptors (Lipinski definition) is 3. The first kappa shape index (κ1) is 13.6. The van der Waals surface area contributed by atoms with Gasteiger partial charge in [-0.1, -0.05) is 0 Å². The van der Waals surface area contributed by atoms with Gasteiger partial charge in [0.25, 0.3) is 5.56 Å². The van der Waals surface area contributed by atoms with Crippen molar-refractivity contribution < 1.29 is 4.57 Å². The largest absolute Gasteiger partial charge is 0.327 e. The van der Waals surface area contributed by atoms with Crippen LogP contribution in [-0.4, -0.2) is 24.5 Å². The van der Waals surface area contributed by atoms with Crippen molar-refractivity contribution in [2.45, 2.75) is 13.5 Å². The highest BCUT2D eigenvalue weighted by Gasteiger charge is 2.02. The van der Waals surface area contributed by atoms with Crippen molar-refractivity contribution in [3.63, 3.8) is 0 Å². The molecule has 0 saturated carbocycles. The number of aromatic amines is 4. The van der Waals surface area contributed by atoms with Gasteiger partial charge in [-0.2, -0.15) is 0 Å². The number of aryl methyl sites for hydroxylation is 2. The third-order valence-corrected chi connectivity index (χ3v) is 2.61. The summed E-state index contributed by atoms with van der Waals surface area (Å²) in [5.41, 5.74) is -1.65. The fourth-order valence-electron chi connectivity index (χ4n) is 1.65. The molecule has 3 heterocycles. The van der Waals surface area contributed by atoms with Gasteiger partial charge in [0.2, 0.25) is 6.33 Å². The summed E-state index contributed by atoms with van der Waals surface area (Å²) in [6.07, 6.45) is 6.14. The van der Waals surface area contributed by atoms with Gasteiger partial charge in [0.15, 0.2) is 0 Å². The second-order valence-corrected chi connectivity index (χ2v) is 4.15. The SMILES string of the molecule is CCn1cc[n+](C)c1.O=c1[nH]c(=O)c2[nH]c(=O)[nH]c2[nH]1. The van der Waals surface area contributed by atoms with Gasteiger partial charge in [0.05, 0.1) is 13.6 Å². The molecular weight excluding hydrogens is 264 g/mol. The molecule has 4 N–H and O–H groups in total. The predicted molar refractivity (Wildman–Crippen MR) is 71.4 cm³/mol. The molecule has 3 rings (SSSR count). The van der Waals surface area contributed by atoms with Crippen molar-refractivity contribution in [2.24, 2.45) is 7.05 Å². The van der Waals surface area contributed by atoms with Crippen molar-refractivity contribution in [3.8, 4) is 0 Å². The molecule has 0 bridgehead atoms. The Morgan fingerprint density at radius 2 is 1.75 bits per heavy atom. The molecule has 0 aliphatic rings. The van der Waals surface area contributed by atoms with Crippen LogP contribution in [0.25, 0.3) is 11.2 Å². The molecule has 0 spiro atoms. The van der Waals surface area contributed by atoms with E-state index in [0.29, 0.717) is 0 Å². The van der Waals surface area contributed by atoms with Gasteiger partial charge >= 0.3 is 11.4 Å². The first-order chi connectivity index (χ1) is 9.49. The van der Waals surface area contributed by atoms with Crippen molar-refractivity contribution in [3.05, 3.63) is 50.0 Å². The van der Waals surface area contributed by atoms with Crippen molar-refractivity contribution in [1.82, 2.24) is 24.5 Å². The van der Waals surface area contributed by atoms with E-state index in [0.717, 1.165) is 6.54 Å². The summed E-state index contributed by atoms with van der Waals surface area (Å²) in [6.45, 7) is 3.18. The van der Waals surface area contributed by atoms with Gasteiger partial charge < -0.3 is 0 Å². The normalized spacial score (nSPS) is 10.3. The van der Waals surface area contributed by atoms with Gasteiger partial charge in [-0.15, -0.1) is 0 Å². The Kier molecular flexibility index (Phi) is 3.69. The molecule has 0 saturated heterocycles. The molecule has 3 aromatic rings. The maximum absolute atomic E-state index is 10.9. The summed E-state index contributed by atoms with van der Waals surface area (Å²) < 4.78 is 4.16. The molecule has 3 aromatic heterocycles. The number of hydrogen-bond donors (Lipinski definition) is 4. The molecule has 0 fully saturated rings. The molecule has 0 amide bonds. The van der Waals surface area contributed by atoms with E-state index in [1.807, 2.05) is 22.8 Å². The van der Waals surface area contributed by atoms with Crippen LogP contribution in [0.2, 0.25) is 0 Å². The van der Waals surface area contributed by atoms with Gasteiger partial charge in [0, 0.05) is 0 Å². The van der Waals surface area contributed by atoms with E-state index in [4.69, 9.17) is 0 Å². The fourth-order valence-corrected chi connectivity index (χ4v) is 1.65. The zero-order chi connectivity index (χ0) is 14.7. The van der Waals surface area contributed by atoms with E-state index in [-0.39, 0.29) is 11.2 Å². The number of nitrogens with one attached hydrogen (secondary N) is 4. The number of fused-ring (bicyclic) bond motifs is 1. The van der Waals surface area contributed by atoms with Gasteiger partial charge in [0.1, 0.15) is 23.6 Å². The monoisotopic (exact) mass is 279 g/mol. The Morgan fingerprint density at radius 3 is 2.25 bits per heavy atom. The molecule has 9 nitrogen and oxygen atoms in total. The molecule has 20 heavy (non-hydrogen) atoms. The maximum Gasteiger partial charge on any atom is 0.327 e. The highest BCUT2D eigenvalue weighted by atomic mass is 16.2. The number of rotatable bonds is 1. The lowest BCUT2D eigenvalue weighted by Crippen LogP contribution is -2.23. The Balaban J connectivity index is 0.000000160. The molecule has 0 atom stereocenters. The molecule has 0 aromatic carbocycles. The van der Waals surface area contributed by atoms with E-state index >= 15 is 0 Å². The summed E-state index contributed by atoms with van der Waals surface area (Å²) in [7, 11) is 2.02. The van der Waals surface area contributed by atoms with Crippen LogP contribution in [0, 0.1) is 0 Å². The lowest BCUT2D eigenvalue weighted by molar-refractivity contribution is -0.671. The van der Waals surface area contributed by atoms with Crippen LogP contribution in [0.1, 0.15) is 6.92 Å². The lowest BCUT2D eigenvalue weighted by atomic mass is 10.5. The summed E-state index contributed by atoms with van der Waals surface area (Å²) in [5, 5.41) is 0. The second kappa shape index (κ2) is 5.43. The molecule has 0 aliphatic carbocycles. The van der Waals surface area contributed by atoms with Crippen molar-refractivity contribution in [1.29, 1.82) is 0 Å². The predicted octanol–water partition coefficient (Wildman–Crippen LogP) is -1.43. The third-order valence-electron chi connectivity index (χ3n) is 2.61. The summed E-state index contributed by atoms with van der Waals surface area (Å²) in [5.74, 6) is 0. The zero-order valence-corrected chi connectivity index (χ0v) is 11.1. The lowest BCUT2D eigenvalue weighted by Gasteiger charge is -1.83. The van der Waals surface area contributed by atoms with E-state index < -0.39 is 16.9 Å². The van der Waals surface area contributed by atoms with Gasteiger partial charge in [-0.25, -0.2) is 18.7 Å². The number of nitrogens with zero attached hydrogens (tertiary/aromatic N) is 2. The first-order valence-corrected chi connectivity index (χ1v) is 5.95. The summed E-state index contributed by atoms with van der Waals surface area (Å²) in [6, 6.07) is 0.